The summed E-state index contributed by atoms with van der Waals surface area (Å²) >= 11 is 6.46. The Morgan fingerprint density at radius 1 is 1.32 bits per heavy atom. The zero-order valence-electron chi connectivity index (χ0n) is 12.2. The van der Waals surface area contributed by atoms with Crippen LogP contribution in [0, 0.1) is 5.92 Å². The number of anilines is 1. The number of nitrogens with zero attached hydrogens (tertiary/aromatic N) is 1. The fourth-order valence-electron chi connectivity index (χ4n) is 2.32. The van der Waals surface area contributed by atoms with Gasteiger partial charge in [-0.15, -0.1) is 0 Å². The van der Waals surface area contributed by atoms with Crippen molar-refractivity contribution in [2.24, 2.45) is 11.7 Å². The molecule has 106 valence electrons. The second kappa shape index (κ2) is 6.15. The molecule has 3 heteroatoms. The van der Waals surface area contributed by atoms with Crippen LogP contribution in [0.2, 0.25) is 5.02 Å². The molecular formula is C16H25ClN2. The summed E-state index contributed by atoms with van der Waals surface area (Å²) in [6.07, 6.45) is 3.80. The number of hydrogen-bond acceptors (Lipinski definition) is 2. The van der Waals surface area contributed by atoms with E-state index in [9.17, 15) is 0 Å². The third kappa shape index (κ3) is 3.87. The number of nitrogens with two attached hydrogens (primary N) is 1. The Morgan fingerprint density at radius 3 is 2.47 bits per heavy atom. The third-order valence-corrected chi connectivity index (χ3v) is 4.04. The summed E-state index contributed by atoms with van der Waals surface area (Å²) in [6.45, 7) is 7.63. The first-order valence-corrected chi connectivity index (χ1v) is 7.68. The van der Waals surface area contributed by atoms with Crippen LogP contribution in [0.25, 0.3) is 0 Å². The van der Waals surface area contributed by atoms with Crippen LogP contribution in [0.15, 0.2) is 18.2 Å². The van der Waals surface area contributed by atoms with Gasteiger partial charge in [-0.1, -0.05) is 31.5 Å². The van der Waals surface area contributed by atoms with E-state index in [0.29, 0.717) is 6.04 Å². The minimum absolute atomic E-state index is 0.0385. The highest BCUT2D eigenvalue weighted by Gasteiger charge is 2.30. The van der Waals surface area contributed by atoms with E-state index in [1.807, 2.05) is 13.0 Å². The third-order valence-electron chi connectivity index (χ3n) is 3.74. The molecule has 1 aliphatic carbocycles. The van der Waals surface area contributed by atoms with Gasteiger partial charge in [-0.2, -0.15) is 0 Å². The van der Waals surface area contributed by atoms with Gasteiger partial charge in [0.1, 0.15) is 0 Å². The summed E-state index contributed by atoms with van der Waals surface area (Å²) in [6, 6.07) is 7.00. The van der Waals surface area contributed by atoms with Crippen LogP contribution in [0.1, 0.15) is 51.6 Å². The summed E-state index contributed by atoms with van der Waals surface area (Å²) in [5.41, 5.74) is 8.19. The first-order chi connectivity index (χ1) is 8.99. The first-order valence-electron chi connectivity index (χ1n) is 7.30. The molecule has 0 spiro atoms. The fourth-order valence-corrected chi connectivity index (χ4v) is 2.62. The molecule has 19 heavy (non-hydrogen) atoms. The van der Waals surface area contributed by atoms with Crippen LogP contribution in [0.3, 0.4) is 0 Å². The summed E-state index contributed by atoms with van der Waals surface area (Å²) < 4.78 is 0. The normalized spacial score (nSPS) is 16.7. The average molecular weight is 281 g/mol. The van der Waals surface area contributed by atoms with Crippen molar-refractivity contribution < 1.29 is 0 Å². The first kappa shape index (κ1) is 14.7. The van der Waals surface area contributed by atoms with Crippen molar-refractivity contribution in [3.63, 3.8) is 0 Å². The highest BCUT2D eigenvalue weighted by atomic mass is 35.5. The second-order valence-electron chi connectivity index (χ2n) is 6.11. The number of hydrogen-bond donors (Lipinski definition) is 1. The standard InChI is InChI=1S/C16H25ClN2/c1-11(2)8-9-19(14-5-6-14)16-7-4-13(12(3)18)10-15(16)17/h4,7,10-12,14H,5-6,8-9,18H2,1-3H3. The maximum absolute atomic E-state index is 6.46. The van der Waals surface area contributed by atoms with Gasteiger partial charge in [0.05, 0.1) is 10.7 Å². The zero-order valence-corrected chi connectivity index (χ0v) is 13.0. The summed E-state index contributed by atoms with van der Waals surface area (Å²) in [7, 11) is 0. The van der Waals surface area contributed by atoms with Gasteiger partial charge in [0.25, 0.3) is 0 Å². The Labute approximate surface area is 121 Å². The van der Waals surface area contributed by atoms with Gasteiger partial charge in [0.15, 0.2) is 0 Å². The molecule has 1 atom stereocenters. The van der Waals surface area contributed by atoms with E-state index in [2.05, 4.69) is 30.9 Å². The van der Waals surface area contributed by atoms with Gasteiger partial charge >= 0.3 is 0 Å². The molecular weight excluding hydrogens is 256 g/mol. The van der Waals surface area contributed by atoms with Gasteiger partial charge in [-0.05, 0) is 49.8 Å². The molecule has 1 unspecified atom stereocenters. The van der Waals surface area contributed by atoms with Crippen LogP contribution in [0.5, 0.6) is 0 Å². The molecule has 2 rings (SSSR count). The monoisotopic (exact) mass is 280 g/mol. The molecule has 1 aliphatic rings. The molecule has 0 radical (unpaired) electrons. The molecule has 1 aromatic rings. The van der Waals surface area contributed by atoms with Crippen LogP contribution >= 0.6 is 11.6 Å². The lowest BCUT2D eigenvalue weighted by Gasteiger charge is -2.27. The predicted molar refractivity (Wildman–Crippen MR) is 83.9 cm³/mol. The molecule has 0 aliphatic heterocycles. The van der Waals surface area contributed by atoms with E-state index < -0.39 is 0 Å². The Hall–Kier alpha value is -0.730. The maximum Gasteiger partial charge on any atom is 0.0642 e. The molecule has 0 heterocycles. The van der Waals surface area contributed by atoms with E-state index in [4.69, 9.17) is 17.3 Å². The van der Waals surface area contributed by atoms with Crippen molar-refractivity contribution in [3.05, 3.63) is 28.8 Å². The van der Waals surface area contributed by atoms with Crippen molar-refractivity contribution in [1.82, 2.24) is 0 Å². The lowest BCUT2D eigenvalue weighted by atomic mass is 10.1. The topological polar surface area (TPSA) is 29.3 Å². The van der Waals surface area contributed by atoms with Crippen molar-refractivity contribution in [2.45, 2.75) is 52.1 Å². The minimum atomic E-state index is 0.0385. The van der Waals surface area contributed by atoms with Gasteiger partial charge < -0.3 is 10.6 Å². The van der Waals surface area contributed by atoms with Crippen molar-refractivity contribution >= 4 is 17.3 Å². The lowest BCUT2D eigenvalue weighted by molar-refractivity contribution is 0.571. The molecule has 2 N–H and O–H groups in total. The van der Waals surface area contributed by atoms with Crippen LogP contribution in [-0.4, -0.2) is 12.6 Å². The van der Waals surface area contributed by atoms with Crippen LogP contribution in [0.4, 0.5) is 5.69 Å². The van der Waals surface area contributed by atoms with E-state index in [0.717, 1.165) is 23.0 Å². The molecule has 0 saturated heterocycles. The number of rotatable bonds is 6. The van der Waals surface area contributed by atoms with Gasteiger partial charge in [0, 0.05) is 18.6 Å². The van der Waals surface area contributed by atoms with E-state index in [1.54, 1.807) is 0 Å². The quantitative estimate of drug-likeness (QED) is 0.838. The molecule has 1 saturated carbocycles. The molecule has 0 aromatic heterocycles. The van der Waals surface area contributed by atoms with Gasteiger partial charge in [0.2, 0.25) is 0 Å². The molecule has 1 aromatic carbocycles. The van der Waals surface area contributed by atoms with Gasteiger partial charge in [-0.3, -0.25) is 0 Å². The van der Waals surface area contributed by atoms with Crippen molar-refractivity contribution in [3.8, 4) is 0 Å². The van der Waals surface area contributed by atoms with Gasteiger partial charge in [-0.25, -0.2) is 0 Å². The Balaban J connectivity index is 2.17. The predicted octanol–water partition coefficient (Wildman–Crippen LogP) is 4.37. The number of halogens is 1. The van der Waals surface area contributed by atoms with Crippen LogP contribution in [-0.2, 0) is 0 Å². The average Bonchev–Trinajstić information content (AvgIpc) is 3.14. The Bertz CT molecular complexity index is 425. The summed E-state index contributed by atoms with van der Waals surface area (Å²) in [5.74, 6) is 0.725. The van der Waals surface area contributed by atoms with E-state index in [1.165, 1.54) is 24.9 Å². The zero-order chi connectivity index (χ0) is 14.0. The second-order valence-corrected chi connectivity index (χ2v) is 6.51. The molecule has 0 amide bonds. The van der Waals surface area contributed by atoms with E-state index in [-0.39, 0.29) is 6.04 Å². The summed E-state index contributed by atoms with van der Waals surface area (Å²) in [4.78, 5) is 2.48. The molecule has 1 fully saturated rings. The highest BCUT2D eigenvalue weighted by Crippen LogP contribution is 2.37. The Morgan fingerprint density at radius 2 is 2.00 bits per heavy atom. The van der Waals surface area contributed by atoms with Crippen molar-refractivity contribution in [2.75, 3.05) is 11.4 Å². The SMILES string of the molecule is CC(C)CCN(c1ccc(C(C)N)cc1Cl)C1CC1. The highest BCUT2D eigenvalue weighted by molar-refractivity contribution is 6.33. The molecule has 2 nitrogen and oxygen atoms in total. The smallest absolute Gasteiger partial charge is 0.0642 e. The van der Waals surface area contributed by atoms with E-state index >= 15 is 0 Å². The van der Waals surface area contributed by atoms with Crippen LogP contribution < -0.4 is 10.6 Å². The largest absolute Gasteiger partial charge is 0.367 e. The lowest BCUT2D eigenvalue weighted by Crippen LogP contribution is -2.28. The number of benzene rings is 1. The maximum atomic E-state index is 6.46. The summed E-state index contributed by atoms with van der Waals surface area (Å²) in [5, 5.41) is 0.838. The Kier molecular flexibility index (Phi) is 4.75. The minimum Gasteiger partial charge on any atom is -0.367 e. The fraction of sp³-hybridized carbons (Fsp3) is 0.625. The van der Waals surface area contributed by atoms with Crippen molar-refractivity contribution in [1.29, 1.82) is 0 Å². The molecule has 0 bridgehead atoms.